The topological polar surface area (TPSA) is 113 Å². The van der Waals surface area contributed by atoms with Gasteiger partial charge in [-0.25, -0.2) is 0 Å². The van der Waals surface area contributed by atoms with Crippen LogP contribution in [0.1, 0.15) is 56.4 Å². The number of carbonyl (C=O) groups is 5. The summed E-state index contributed by atoms with van der Waals surface area (Å²) in [5.74, 6) is -1.46. The molecule has 41 heavy (non-hydrogen) atoms. The van der Waals surface area contributed by atoms with Gasteiger partial charge in [0.25, 0.3) is 17.7 Å². The second-order valence-electron chi connectivity index (χ2n) is 10.3. The number of ether oxygens (including phenoxy) is 1. The number of hydrogen-bond acceptors (Lipinski definition) is 6. The summed E-state index contributed by atoms with van der Waals surface area (Å²) >= 11 is 0. The molecular weight excluding hydrogens is 522 g/mol. The fourth-order valence-electron chi connectivity index (χ4n) is 5.37. The third-order valence-electron chi connectivity index (χ3n) is 7.52. The number of nitrogens with zero attached hydrogens (tertiary/aromatic N) is 2. The Morgan fingerprint density at radius 2 is 1.51 bits per heavy atom. The van der Waals surface area contributed by atoms with Crippen molar-refractivity contribution in [3.63, 3.8) is 0 Å². The number of benzene rings is 3. The van der Waals surface area contributed by atoms with Crippen LogP contribution in [0.15, 0.2) is 78.9 Å². The molecule has 3 aromatic rings. The number of rotatable bonds is 8. The van der Waals surface area contributed by atoms with Crippen LogP contribution in [0.5, 0.6) is 5.75 Å². The molecule has 0 spiro atoms. The van der Waals surface area contributed by atoms with Crippen molar-refractivity contribution in [1.82, 2.24) is 15.1 Å². The first kappa shape index (κ1) is 27.8. The van der Waals surface area contributed by atoms with Crippen LogP contribution in [0, 0.1) is 5.92 Å². The van der Waals surface area contributed by atoms with Crippen molar-refractivity contribution < 1.29 is 28.7 Å². The lowest BCUT2D eigenvalue weighted by Gasteiger charge is -2.33. The highest BCUT2D eigenvalue weighted by Gasteiger charge is 2.42. The molecule has 0 bridgehead atoms. The minimum Gasteiger partial charge on any atom is -0.427 e. The van der Waals surface area contributed by atoms with Crippen LogP contribution in [-0.2, 0) is 16.0 Å². The molecule has 2 aliphatic rings. The summed E-state index contributed by atoms with van der Waals surface area (Å²) in [6.45, 7) is 2.71. The number of nitrogens with one attached hydrogen (secondary N) is 1. The molecule has 5 rings (SSSR count). The van der Waals surface area contributed by atoms with E-state index >= 15 is 0 Å². The molecule has 1 fully saturated rings. The Hall–Kier alpha value is -4.79. The van der Waals surface area contributed by atoms with E-state index in [1.54, 1.807) is 53.4 Å². The zero-order valence-corrected chi connectivity index (χ0v) is 22.7. The maximum Gasteiger partial charge on any atom is 0.308 e. The zero-order valence-electron chi connectivity index (χ0n) is 22.7. The molecule has 0 saturated carbocycles. The average molecular weight is 554 g/mol. The van der Waals surface area contributed by atoms with E-state index in [2.05, 4.69) is 5.32 Å². The normalized spacial score (nSPS) is 15.8. The molecule has 1 atom stereocenters. The van der Waals surface area contributed by atoms with Gasteiger partial charge < -0.3 is 15.0 Å². The molecule has 9 nitrogen and oxygen atoms in total. The maximum absolute atomic E-state index is 13.5. The van der Waals surface area contributed by atoms with Crippen molar-refractivity contribution in [1.29, 1.82) is 0 Å². The van der Waals surface area contributed by atoms with E-state index in [4.69, 9.17) is 4.74 Å². The van der Waals surface area contributed by atoms with Gasteiger partial charge >= 0.3 is 5.97 Å². The van der Waals surface area contributed by atoms with Crippen molar-refractivity contribution in [2.45, 2.75) is 32.2 Å². The van der Waals surface area contributed by atoms with Gasteiger partial charge in [-0.05, 0) is 54.7 Å². The van der Waals surface area contributed by atoms with E-state index < -0.39 is 23.8 Å². The van der Waals surface area contributed by atoms with Crippen LogP contribution in [0.25, 0.3) is 0 Å². The van der Waals surface area contributed by atoms with Crippen LogP contribution in [-0.4, -0.2) is 65.1 Å². The Balaban J connectivity index is 1.21. The minimum absolute atomic E-state index is 0.134. The third-order valence-corrected chi connectivity index (χ3v) is 7.52. The van der Waals surface area contributed by atoms with Gasteiger partial charge in [0.1, 0.15) is 11.8 Å². The minimum atomic E-state index is -0.990. The van der Waals surface area contributed by atoms with Crippen molar-refractivity contribution in [2.24, 2.45) is 5.92 Å². The molecule has 0 aromatic heterocycles. The maximum atomic E-state index is 13.5. The molecule has 210 valence electrons. The number of likely N-dealkylation sites (tertiary alicyclic amines) is 1. The second-order valence-corrected chi connectivity index (χ2v) is 10.3. The largest absolute Gasteiger partial charge is 0.427 e. The van der Waals surface area contributed by atoms with Crippen LogP contribution >= 0.6 is 0 Å². The quantitative estimate of drug-likeness (QED) is 0.260. The fraction of sp³-hybridized carbons (Fsp3) is 0.281. The van der Waals surface area contributed by atoms with Crippen molar-refractivity contribution in [3.8, 4) is 5.75 Å². The lowest BCUT2D eigenvalue weighted by Crippen LogP contribution is -2.52. The smallest absolute Gasteiger partial charge is 0.308 e. The Bertz CT molecular complexity index is 1440. The molecule has 0 radical (unpaired) electrons. The van der Waals surface area contributed by atoms with E-state index in [-0.39, 0.29) is 24.2 Å². The number of carbonyl (C=O) groups excluding carboxylic acids is 5. The highest BCUT2D eigenvalue weighted by atomic mass is 16.5. The van der Waals surface area contributed by atoms with Crippen molar-refractivity contribution in [3.05, 3.63) is 101 Å². The summed E-state index contributed by atoms with van der Waals surface area (Å²) in [6.07, 6.45) is 1.58. The van der Waals surface area contributed by atoms with Gasteiger partial charge in [0.2, 0.25) is 5.91 Å². The van der Waals surface area contributed by atoms with Gasteiger partial charge in [-0.15, -0.1) is 0 Å². The highest BCUT2D eigenvalue weighted by Crippen LogP contribution is 2.27. The van der Waals surface area contributed by atoms with Gasteiger partial charge in [-0.1, -0.05) is 48.5 Å². The fourth-order valence-corrected chi connectivity index (χ4v) is 5.37. The number of fused-ring (bicyclic) bond motifs is 1. The summed E-state index contributed by atoms with van der Waals surface area (Å²) in [5, 5.41) is 2.98. The molecule has 3 aromatic carbocycles. The van der Waals surface area contributed by atoms with Gasteiger partial charge in [0.05, 0.1) is 11.1 Å². The first-order chi connectivity index (χ1) is 19.8. The highest BCUT2D eigenvalue weighted by molar-refractivity contribution is 6.22. The van der Waals surface area contributed by atoms with E-state index in [9.17, 15) is 24.0 Å². The number of hydrogen-bond donors (Lipinski definition) is 1. The van der Waals surface area contributed by atoms with Gasteiger partial charge in [0, 0.05) is 38.5 Å². The predicted molar refractivity (Wildman–Crippen MR) is 150 cm³/mol. The number of amides is 4. The Kier molecular flexibility index (Phi) is 8.24. The third kappa shape index (κ3) is 6.19. The number of esters is 1. The lowest BCUT2D eigenvalue weighted by molar-refractivity contribution is -0.132. The first-order valence-electron chi connectivity index (χ1n) is 13.7. The molecule has 2 aliphatic heterocycles. The Labute approximate surface area is 238 Å². The first-order valence-corrected chi connectivity index (χ1v) is 13.7. The number of imide groups is 1. The van der Waals surface area contributed by atoms with Crippen LogP contribution in [0.4, 0.5) is 0 Å². The molecular formula is C32H31N3O6. The second kappa shape index (κ2) is 12.2. The summed E-state index contributed by atoms with van der Waals surface area (Å²) in [7, 11) is 0. The molecule has 9 heteroatoms. The van der Waals surface area contributed by atoms with Crippen molar-refractivity contribution >= 4 is 29.6 Å². The summed E-state index contributed by atoms with van der Waals surface area (Å²) in [5.41, 5.74) is 1.89. The van der Waals surface area contributed by atoms with E-state index in [0.717, 1.165) is 10.5 Å². The number of piperidine rings is 1. The Morgan fingerprint density at radius 3 is 2.15 bits per heavy atom. The summed E-state index contributed by atoms with van der Waals surface area (Å²) in [4.78, 5) is 67.0. The van der Waals surface area contributed by atoms with E-state index in [1.807, 2.05) is 30.3 Å². The monoisotopic (exact) mass is 553 g/mol. The van der Waals surface area contributed by atoms with Gasteiger partial charge in [-0.2, -0.15) is 0 Å². The SMILES string of the molecule is CC(=O)Oc1cccc(C(=O)N2CCC(CNC(=O)C(Cc3ccccc3)N3C(=O)c4ccccc4C3=O)CC2)c1. The predicted octanol–water partition coefficient (Wildman–Crippen LogP) is 3.49. The van der Waals surface area contributed by atoms with E-state index in [1.165, 1.54) is 6.92 Å². The van der Waals surface area contributed by atoms with Crippen molar-refractivity contribution in [2.75, 3.05) is 19.6 Å². The molecule has 1 unspecified atom stereocenters. The van der Waals surface area contributed by atoms with Crippen LogP contribution in [0.3, 0.4) is 0 Å². The molecule has 1 N–H and O–H groups in total. The van der Waals surface area contributed by atoms with Gasteiger partial charge in [0.15, 0.2) is 0 Å². The lowest BCUT2D eigenvalue weighted by atomic mass is 9.95. The molecule has 0 aliphatic carbocycles. The zero-order chi connectivity index (χ0) is 28.9. The molecule has 2 heterocycles. The van der Waals surface area contributed by atoms with E-state index in [0.29, 0.717) is 54.9 Å². The standard InChI is InChI=1S/C32H31N3O6/c1-21(36)41-25-11-7-10-24(19-25)30(38)34-16-14-23(15-17-34)20-33-29(37)28(18-22-8-3-2-4-9-22)35-31(39)26-12-5-6-13-27(26)32(35)40/h2-13,19,23,28H,14-18,20H2,1H3,(H,33,37). The Morgan fingerprint density at radius 1 is 0.878 bits per heavy atom. The van der Waals surface area contributed by atoms with Crippen LogP contribution in [0.2, 0.25) is 0 Å². The molecule has 1 saturated heterocycles. The summed E-state index contributed by atoms with van der Waals surface area (Å²) < 4.78 is 5.09. The summed E-state index contributed by atoms with van der Waals surface area (Å²) in [6, 6.07) is 21.5. The average Bonchev–Trinajstić information content (AvgIpc) is 3.24. The van der Waals surface area contributed by atoms with Gasteiger partial charge in [-0.3, -0.25) is 28.9 Å². The van der Waals surface area contributed by atoms with Crippen LogP contribution < -0.4 is 10.1 Å². The molecule has 4 amide bonds.